The summed E-state index contributed by atoms with van der Waals surface area (Å²) < 4.78 is 0. The number of carbonyl (C=O) groups is 1. The van der Waals surface area contributed by atoms with Gasteiger partial charge in [-0.05, 0) is 31.9 Å². The van der Waals surface area contributed by atoms with Crippen molar-refractivity contribution in [3.8, 4) is 0 Å². The van der Waals surface area contributed by atoms with Crippen LogP contribution in [-0.2, 0) is 4.79 Å². The Hall–Kier alpha value is -1.71. The zero-order valence-corrected chi connectivity index (χ0v) is 11.4. The lowest BCUT2D eigenvalue weighted by atomic mass is 10.1. The monoisotopic (exact) mass is 259 g/mol. The molecular formula is C15H21N3O. The van der Waals surface area contributed by atoms with Crippen molar-refractivity contribution in [1.82, 2.24) is 5.32 Å². The van der Waals surface area contributed by atoms with Crippen LogP contribution in [0.2, 0.25) is 0 Å². The van der Waals surface area contributed by atoms with Gasteiger partial charge in [-0.2, -0.15) is 0 Å². The number of anilines is 2. The van der Waals surface area contributed by atoms with Crippen LogP contribution in [0.1, 0.15) is 26.2 Å². The molecule has 1 amide bonds. The Balaban J connectivity index is 1.64. The maximum absolute atomic E-state index is 11.8. The van der Waals surface area contributed by atoms with Crippen molar-refractivity contribution in [3.63, 3.8) is 0 Å². The van der Waals surface area contributed by atoms with Gasteiger partial charge in [0.15, 0.2) is 0 Å². The van der Waals surface area contributed by atoms with Gasteiger partial charge in [0.05, 0.1) is 11.4 Å². The summed E-state index contributed by atoms with van der Waals surface area (Å²) >= 11 is 0. The van der Waals surface area contributed by atoms with Crippen LogP contribution in [0, 0.1) is 0 Å². The highest BCUT2D eigenvalue weighted by molar-refractivity contribution is 5.78. The first-order valence-electron chi connectivity index (χ1n) is 7.13. The predicted octanol–water partition coefficient (Wildman–Crippen LogP) is 1.98. The van der Waals surface area contributed by atoms with Gasteiger partial charge in [0.1, 0.15) is 0 Å². The second-order valence-electron chi connectivity index (χ2n) is 5.53. The van der Waals surface area contributed by atoms with Crippen molar-refractivity contribution in [2.45, 2.75) is 38.3 Å². The molecule has 0 spiro atoms. The lowest BCUT2D eigenvalue weighted by Crippen LogP contribution is -2.44. The second kappa shape index (κ2) is 5.11. The molecule has 1 fully saturated rings. The van der Waals surface area contributed by atoms with Crippen LogP contribution in [0.5, 0.6) is 0 Å². The summed E-state index contributed by atoms with van der Waals surface area (Å²) in [5.74, 6) is 0.186. The first-order chi connectivity index (χ1) is 9.24. The summed E-state index contributed by atoms with van der Waals surface area (Å²) in [6.45, 7) is 3.92. The molecule has 0 radical (unpaired) electrons. The van der Waals surface area contributed by atoms with Gasteiger partial charge in [-0.15, -0.1) is 0 Å². The number of benzene rings is 1. The third-order valence-electron chi connectivity index (χ3n) is 3.86. The SMILES string of the molecule is CC1CNc2ccccc2N1CCC(=O)NC1CC1. The number of amides is 1. The number of nitrogens with zero attached hydrogens (tertiary/aromatic N) is 1. The van der Waals surface area contributed by atoms with E-state index < -0.39 is 0 Å². The highest BCUT2D eigenvalue weighted by atomic mass is 16.1. The Morgan fingerprint density at radius 2 is 2.21 bits per heavy atom. The molecule has 1 aliphatic heterocycles. The molecule has 2 aliphatic rings. The van der Waals surface area contributed by atoms with E-state index in [9.17, 15) is 4.79 Å². The molecule has 2 N–H and O–H groups in total. The fraction of sp³-hybridized carbons (Fsp3) is 0.533. The average Bonchev–Trinajstić information content (AvgIpc) is 3.21. The first kappa shape index (κ1) is 12.3. The zero-order valence-electron chi connectivity index (χ0n) is 11.4. The van der Waals surface area contributed by atoms with E-state index >= 15 is 0 Å². The van der Waals surface area contributed by atoms with Crippen molar-refractivity contribution in [3.05, 3.63) is 24.3 Å². The molecule has 1 aromatic carbocycles. The lowest BCUT2D eigenvalue weighted by molar-refractivity contribution is -0.121. The first-order valence-corrected chi connectivity index (χ1v) is 7.13. The Morgan fingerprint density at radius 3 is 3.00 bits per heavy atom. The molecule has 1 heterocycles. The molecular weight excluding hydrogens is 238 g/mol. The summed E-state index contributed by atoms with van der Waals surface area (Å²) in [6.07, 6.45) is 2.88. The van der Waals surface area contributed by atoms with Gasteiger partial charge in [0, 0.05) is 31.6 Å². The van der Waals surface area contributed by atoms with Crippen LogP contribution in [0.4, 0.5) is 11.4 Å². The molecule has 1 aliphatic carbocycles. The minimum absolute atomic E-state index is 0.186. The van der Waals surface area contributed by atoms with Gasteiger partial charge >= 0.3 is 0 Å². The summed E-state index contributed by atoms with van der Waals surface area (Å²) in [7, 11) is 0. The van der Waals surface area contributed by atoms with E-state index in [1.807, 2.05) is 6.07 Å². The third kappa shape index (κ3) is 2.83. The number of rotatable bonds is 4. The minimum Gasteiger partial charge on any atom is -0.381 e. The number of nitrogens with one attached hydrogen (secondary N) is 2. The molecule has 4 nitrogen and oxygen atoms in total. The maximum atomic E-state index is 11.8. The molecule has 4 heteroatoms. The minimum atomic E-state index is 0.186. The van der Waals surface area contributed by atoms with Crippen molar-refractivity contribution >= 4 is 17.3 Å². The standard InChI is InChI=1S/C15H21N3O/c1-11-10-16-13-4-2-3-5-14(13)18(11)9-8-15(19)17-12-6-7-12/h2-5,11-12,16H,6-10H2,1H3,(H,17,19). The van der Waals surface area contributed by atoms with E-state index in [1.165, 1.54) is 11.4 Å². The Bertz CT molecular complexity index is 470. The highest BCUT2D eigenvalue weighted by Crippen LogP contribution is 2.31. The van der Waals surface area contributed by atoms with Crippen LogP contribution in [0.25, 0.3) is 0 Å². The molecule has 1 unspecified atom stereocenters. The average molecular weight is 259 g/mol. The van der Waals surface area contributed by atoms with Gasteiger partial charge in [-0.3, -0.25) is 4.79 Å². The molecule has 1 atom stereocenters. The van der Waals surface area contributed by atoms with Crippen LogP contribution < -0.4 is 15.5 Å². The van der Waals surface area contributed by atoms with E-state index in [4.69, 9.17) is 0 Å². The van der Waals surface area contributed by atoms with E-state index in [0.29, 0.717) is 18.5 Å². The topological polar surface area (TPSA) is 44.4 Å². The Labute approximate surface area is 114 Å². The van der Waals surface area contributed by atoms with Gasteiger partial charge < -0.3 is 15.5 Å². The normalized spacial score (nSPS) is 21.5. The molecule has 1 saturated carbocycles. The summed E-state index contributed by atoms with van der Waals surface area (Å²) in [4.78, 5) is 14.1. The van der Waals surface area contributed by atoms with Crippen LogP contribution >= 0.6 is 0 Å². The van der Waals surface area contributed by atoms with Crippen LogP contribution in [0.3, 0.4) is 0 Å². The molecule has 1 aromatic rings. The Kier molecular flexibility index (Phi) is 3.32. The number of fused-ring (bicyclic) bond motifs is 1. The molecule has 102 valence electrons. The largest absolute Gasteiger partial charge is 0.381 e. The van der Waals surface area contributed by atoms with E-state index in [-0.39, 0.29) is 5.91 Å². The molecule has 0 bridgehead atoms. The summed E-state index contributed by atoms with van der Waals surface area (Å²) in [6, 6.07) is 9.19. The summed E-state index contributed by atoms with van der Waals surface area (Å²) in [5.41, 5.74) is 2.38. The smallest absolute Gasteiger partial charge is 0.221 e. The van der Waals surface area contributed by atoms with E-state index in [2.05, 4.69) is 40.7 Å². The van der Waals surface area contributed by atoms with Crippen molar-refractivity contribution in [2.24, 2.45) is 0 Å². The lowest BCUT2D eigenvalue weighted by Gasteiger charge is -2.37. The van der Waals surface area contributed by atoms with Gasteiger partial charge in [-0.1, -0.05) is 12.1 Å². The van der Waals surface area contributed by atoms with Crippen LogP contribution in [0.15, 0.2) is 24.3 Å². The molecule has 0 saturated heterocycles. The number of para-hydroxylation sites is 2. The zero-order chi connectivity index (χ0) is 13.2. The van der Waals surface area contributed by atoms with Crippen molar-refractivity contribution < 1.29 is 4.79 Å². The quantitative estimate of drug-likeness (QED) is 0.869. The van der Waals surface area contributed by atoms with E-state index in [0.717, 1.165) is 25.9 Å². The maximum Gasteiger partial charge on any atom is 0.221 e. The fourth-order valence-electron chi connectivity index (χ4n) is 2.57. The molecule has 0 aromatic heterocycles. The third-order valence-corrected chi connectivity index (χ3v) is 3.86. The van der Waals surface area contributed by atoms with Gasteiger partial charge in [0.25, 0.3) is 0 Å². The highest BCUT2D eigenvalue weighted by Gasteiger charge is 2.25. The number of hydrogen-bond donors (Lipinski definition) is 2. The van der Waals surface area contributed by atoms with Gasteiger partial charge in [0.2, 0.25) is 5.91 Å². The van der Waals surface area contributed by atoms with Crippen LogP contribution in [-0.4, -0.2) is 31.1 Å². The number of carbonyl (C=O) groups excluding carboxylic acids is 1. The predicted molar refractivity (Wildman–Crippen MR) is 77.5 cm³/mol. The van der Waals surface area contributed by atoms with E-state index in [1.54, 1.807) is 0 Å². The molecule has 19 heavy (non-hydrogen) atoms. The fourth-order valence-corrected chi connectivity index (χ4v) is 2.57. The Morgan fingerprint density at radius 1 is 1.42 bits per heavy atom. The number of hydrogen-bond acceptors (Lipinski definition) is 3. The second-order valence-corrected chi connectivity index (χ2v) is 5.53. The summed E-state index contributed by atoms with van der Waals surface area (Å²) in [5, 5.41) is 6.48. The van der Waals surface area contributed by atoms with Gasteiger partial charge in [-0.25, -0.2) is 0 Å². The van der Waals surface area contributed by atoms with Crippen molar-refractivity contribution in [2.75, 3.05) is 23.3 Å². The molecule has 3 rings (SSSR count). The van der Waals surface area contributed by atoms with Crippen molar-refractivity contribution in [1.29, 1.82) is 0 Å².